The second-order valence-corrected chi connectivity index (χ2v) is 6.26. The molecule has 0 spiro atoms. The van der Waals surface area contributed by atoms with Crippen LogP contribution in [-0.2, 0) is 10.0 Å². The molecule has 19 heavy (non-hydrogen) atoms. The normalized spacial score (nSPS) is 19.5. The van der Waals surface area contributed by atoms with Crippen molar-refractivity contribution < 1.29 is 21.6 Å². The van der Waals surface area contributed by atoms with Crippen LogP contribution in [0.1, 0.15) is 25.7 Å². The Kier molecular flexibility index (Phi) is 3.57. The van der Waals surface area contributed by atoms with Crippen molar-refractivity contribution in [2.75, 3.05) is 0 Å². The van der Waals surface area contributed by atoms with Crippen molar-refractivity contribution in [3.63, 3.8) is 0 Å². The largest absolute Gasteiger partial charge is 0.407 e. The van der Waals surface area contributed by atoms with Gasteiger partial charge in [0.25, 0.3) is 0 Å². The maximum absolute atomic E-state index is 13.1. The van der Waals surface area contributed by atoms with Crippen LogP contribution >= 0.6 is 0 Å². The molecule has 0 amide bonds. The van der Waals surface area contributed by atoms with Gasteiger partial charge in [-0.25, -0.2) is 8.42 Å². The zero-order valence-corrected chi connectivity index (χ0v) is 10.8. The van der Waals surface area contributed by atoms with Gasteiger partial charge >= 0.3 is 6.18 Å². The van der Waals surface area contributed by atoms with E-state index in [-0.39, 0.29) is 17.7 Å². The van der Waals surface area contributed by atoms with Gasteiger partial charge in [-0.2, -0.15) is 17.9 Å². The van der Waals surface area contributed by atoms with Crippen molar-refractivity contribution in [3.05, 3.63) is 24.5 Å². The van der Waals surface area contributed by atoms with Crippen LogP contribution in [0.2, 0.25) is 0 Å². The van der Waals surface area contributed by atoms with Crippen LogP contribution in [0.4, 0.5) is 13.2 Å². The highest BCUT2D eigenvalue weighted by molar-refractivity contribution is 7.89. The summed E-state index contributed by atoms with van der Waals surface area (Å²) in [6.45, 7) is 0. The first-order valence-corrected chi connectivity index (χ1v) is 7.26. The van der Waals surface area contributed by atoms with Gasteiger partial charge in [0.05, 0.1) is 0 Å². The zero-order valence-electron chi connectivity index (χ0n) is 9.94. The molecular formula is C11H13F3N2O2S. The number of nitrogens with one attached hydrogen (secondary N) is 1. The first-order valence-electron chi connectivity index (χ1n) is 5.78. The second-order valence-electron chi connectivity index (χ2n) is 4.58. The molecule has 0 unspecified atom stereocenters. The summed E-state index contributed by atoms with van der Waals surface area (Å²) in [5, 5.41) is 0. The molecule has 1 aliphatic carbocycles. The number of alkyl halides is 3. The summed E-state index contributed by atoms with van der Waals surface area (Å²) in [6, 6.07) is 2.58. The van der Waals surface area contributed by atoms with Crippen molar-refractivity contribution in [1.29, 1.82) is 0 Å². The molecule has 1 aliphatic rings. The first kappa shape index (κ1) is 14.3. The van der Waals surface area contributed by atoms with Gasteiger partial charge in [0.1, 0.15) is 10.4 Å². The molecule has 1 N–H and O–H groups in total. The molecule has 106 valence electrons. The van der Waals surface area contributed by atoms with Crippen molar-refractivity contribution in [3.8, 4) is 0 Å². The van der Waals surface area contributed by atoms with Gasteiger partial charge in [-0.05, 0) is 25.0 Å². The summed E-state index contributed by atoms with van der Waals surface area (Å²) in [4.78, 5) is 3.35. The highest BCUT2D eigenvalue weighted by atomic mass is 32.2. The van der Waals surface area contributed by atoms with Crippen LogP contribution in [0, 0.1) is 0 Å². The Labute approximate surface area is 109 Å². The maximum Gasteiger partial charge on any atom is 0.407 e. The monoisotopic (exact) mass is 294 g/mol. The number of rotatable bonds is 3. The molecule has 8 heteroatoms. The van der Waals surface area contributed by atoms with Crippen molar-refractivity contribution in [2.24, 2.45) is 0 Å². The molecule has 1 heterocycles. The lowest BCUT2D eigenvalue weighted by Crippen LogP contribution is -2.56. The van der Waals surface area contributed by atoms with E-state index in [2.05, 4.69) is 4.98 Å². The van der Waals surface area contributed by atoms with E-state index in [4.69, 9.17) is 0 Å². The average molecular weight is 294 g/mol. The minimum atomic E-state index is -4.60. The van der Waals surface area contributed by atoms with Gasteiger partial charge in [-0.3, -0.25) is 4.98 Å². The SMILES string of the molecule is O=S(=O)(NC1(C(F)(F)F)CCCC1)c1cccnc1. The van der Waals surface area contributed by atoms with Crippen molar-refractivity contribution >= 4 is 10.0 Å². The summed E-state index contributed by atoms with van der Waals surface area (Å²) >= 11 is 0. The Balaban J connectivity index is 2.33. The molecule has 0 radical (unpaired) electrons. The molecule has 0 saturated heterocycles. The number of halogens is 3. The highest BCUT2D eigenvalue weighted by Crippen LogP contribution is 2.43. The smallest absolute Gasteiger partial charge is 0.263 e. The average Bonchev–Trinajstić information content (AvgIpc) is 2.79. The van der Waals surface area contributed by atoms with Crippen molar-refractivity contribution in [2.45, 2.75) is 42.3 Å². The molecule has 1 aromatic heterocycles. The van der Waals surface area contributed by atoms with Gasteiger partial charge in [-0.15, -0.1) is 0 Å². The Morgan fingerprint density at radius 1 is 1.26 bits per heavy atom. The second kappa shape index (κ2) is 4.75. The van der Waals surface area contributed by atoms with Crippen LogP contribution in [-0.4, -0.2) is 25.1 Å². The number of hydrogen-bond donors (Lipinski definition) is 1. The Bertz CT molecular complexity index is 537. The molecule has 0 aromatic carbocycles. The van der Waals surface area contributed by atoms with Crippen LogP contribution in [0.3, 0.4) is 0 Å². The lowest BCUT2D eigenvalue weighted by molar-refractivity contribution is -0.188. The third-order valence-electron chi connectivity index (χ3n) is 3.27. The standard InChI is InChI=1S/C11H13F3N2O2S/c12-11(13,14)10(5-1-2-6-10)16-19(17,18)9-4-3-7-15-8-9/h3-4,7-8,16H,1-2,5-6H2. The molecule has 0 atom stereocenters. The summed E-state index contributed by atoms with van der Waals surface area (Å²) in [5.74, 6) is 0. The topological polar surface area (TPSA) is 59.1 Å². The number of sulfonamides is 1. The Morgan fingerprint density at radius 3 is 2.37 bits per heavy atom. The molecule has 0 bridgehead atoms. The fourth-order valence-corrected chi connectivity index (χ4v) is 3.65. The molecule has 1 fully saturated rings. The minimum absolute atomic E-state index is 0.226. The molecule has 0 aliphatic heterocycles. The van der Waals surface area contributed by atoms with Crippen molar-refractivity contribution in [1.82, 2.24) is 9.71 Å². The van der Waals surface area contributed by atoms with E-state index in [1.54, 1.807) is 0 Å². The molecule has 1 saturated carbocycles. The predicted octanol–water partition coefficient (Wildman–Crippen LogP) is 2.24. The zero-order chi connectivity index (χ0) is 14.1. The predicted molar refractivity (Wildman–Crippen MR) is 61.8 cm³/mol. The fraction of sp³-hybridized carbons (Fsp3) is 0.545. The number of pyridine rings is 1. The van der Waals surface area contributed by atoms with Gasteiger partial charge in [-0.1, -0.05) is 12.8 Å². The summed E-state index contributed by atoms with van der Waals surface area (Å²) in [7, 11) is -4.22. The molecular weight excluding hydrogens is 281 g/mol. The third kappa shape index (κ3) is 2.74. The molecule has 1 aromatic rings. The van der Waals surface area contributed by atoms with Gasteiger partial charge in [0.2, 0.25) is 10.0 Å². The van der Waals surface area contributed by atoms with E-state index in [9.17, 15) is 21.6 Å². The quantitative estimate of drug-likeness (QED) is 0.930. The lowest BCUT2D eigenvalue weighted by atomic mass is 9.99. The first-order chi connectivity index (χ1) is 8.77. The number of nitrogens with zero attached hydrogens (tertiary/aromatic N) is 1. The number of hydrogen-bond acceptors (Lipinski definition) is 3. The van der Waals surface area contributed by atoms with E-state index in [1.165, 1.54) is 18.3 Å². The van der Waals surface area contributed by atoms with E-state index in [0.717, 1.165) is 6.20 Å². The Morgan fingerprint density at radius 2 is 1.89 bits per heavy atom. The van der Waals surface area contributed by atoms with Crippen LogP contribution < -0.4 is 4.72 Å². The highest BCUT2D eigenvalue weighted by Gasteiger charge is 2.57. The minimum Gasteiger partial charge on any atom is -0.263 e. The molecule has 4 nitrogen and oxygen atoms in total. The van der Waals surface area contributed by atoms with Crippen LogP contribution in [0.25, 0.3) is 0 Å². The van der Waals surface area contributed by atoms with Gasteiger partial charge in [0.15, 0.2) is 0 Å². The van der Waals surface area contributed by atoms with E-state index in [0.29, 0.717) is 12.8 Å². The summed E-state index contributed by atoms with van der Waals surface area (Å²) in [5.41, 5.74) is -2.35. The van der Waals surface area contributed by atoms with E-state index < -0.39 is 21.7 Å². The number of aromatic nitrogens is 1. The van der Waals surface area contributed by atoms with Gasteiger partial charge in [0, 0.05) is 12.4 Å². The van der Waals surface area contributed by atoms with E-state index >= 15 is 0 Å². The fourth-order valence-electron chi connectivity index (χ4n) is 2.24. The lowest BCUT2D eigenvalue weighted by Gasteiger charge is -2.32. The maximum atomic E-state index is 13.1. The summed E-state index contributed by atoms with van der Waals surface area (Å²) in [6.07, 6.45) is -1.95. The third-order valence-corrected chi connectivity index (χ3v) is 4.80. The van der Waals surface area contributed by atoms with Crippen LogP contribution in [0.15, 0.2) is 29.4 Å². The summed E-state index contributed by atoms with van der Waals surface area (Å²) < 4.78 is 65.2. The van der Waals surface area contributed by atoms with Crippen LogP contribution in [0.5, 0.6) is 0 Å². The Hall–Kier alpha value is -1.15. The van der Waals surface area contributed by atoms with Gasteiger partial charge < -0.3 is 0 Å². The molecule has 2 rings (SSSR count). The van der Waals surface area contributed by atoms with E-state index in [1.807, 2.05) is 4.72 Å².